The molecule has 32 heavy (non-hydrogen) atoms. The topological polar surface area (TPSA) is 69.0 Å². The number of fused-ring (bicyclic) bond motifs is 2. The Morgan fingerprint density at radius 2 is 2.00 bits per heavy atom. The van der Waals surface area contributed by atoms with Crippen molar-refractivity contribution < 1.29 is 27.1 Å². The van der Waals surface area contributed by atoms with E-state index in [1.54, 1.807) is 25.3 Å². The maximum Gasteiger partial charge on any atom is 0.504 e. The number of benzene rings is 1. The van der Waals surface area contributed by atoms with Crippen molar-refractivity contribution in [3.63, 3.8) is 0 Å². The lowest BCUT2D eigenvalue weighted by Gasteiger charge is -2.20. The Bertz CT molecular complexity index is 1170. The number of rotatable bonds is 5. The van der Waals surface area contributed by atoms with Gasteiger partial charge in [0.2, 0.25) is 5.91 Å². The number of carbonyl (C=O) groups is 1. The van der Waals surface area contributed by atoms with Gasteiger partial charge in [0.1, 0.15) is 11.6 Å². The molecule has 2 aliphatic carbocycles. The lowest BCUT2D eigenvalue weighted by molar-refractivity contribution is -0.212. The van der Waals surface area contributed by atoms with Crippen LogP contribution in [0.4, 0.5) is 23.2 Å². The largest absolute Gasteiger partial charge is 0.504 e. The molecule has 2 saturated carbocycles. The third kappa shape index (κ3) is 3.78. The van der Waals surface area contributed by atoms with Gasteiger partial charge in [-0.1, -0.05) is 6.92 Å². The van der Waals surface area contributed by atoms with Gasteiger partial charge in [0.05, 0.1) is 29.7 Å². The molecule has 3 aromatic rings. The third-order valence-corrected chi connectivity index (χ3v) is 6.53. The quantitative estimate of drug-likeness (QED) is 0.574. The first-order chi connectivity index (χ1) is 15.2. The summed E-state index contributed by atoms with van der Waals surface area (Å²) < 4.78 is 57.6. The molecule has 0 radical (unpaired) electrons. The highest BCUT2D eigenvalue weighted by Gasteiger charge is 2.59. The third-order valence-electron chi connectivity index (χ3n) is 6.53. The molecule has 6 nitrogen and oxygen atoms in total. The van der Waals surface area contributed by atoms with Crippen LogP contribution in [0.25, 0.3) is 10.9 Å². The molecule has 2 heterocycles. The van der Waals surface area contributed by atoms with Crippen LogP contribution in [0, 0.1) is 29.5 Å². The zero-order valence-corrected chi connectivity index (χ0v) is 17.0. The predicted octanol–water partition coefficient (Wildman–Crippen LogP) is 4.72. The number of amides is 1. The summed E-state index contributed by atoms with van der Waals surface area (Å²) in [5, 5.41) is 6.37. The second-order valence-corrected chi connectivity index (χ2v) is 8.51. The molecule has 0 saturated heterocycles. The number of anilines is 1. The molecule has 2 fully saturated rings. The highest BCUT2D eigenvalue weighted by molar-refractivity contribution is 5.92. The van der Waals surface area contributed by atoms with Crippen LogP contribution < -0.4 is 10.1 Å². The van der Waals surface area contributed by atoms with Crippen LogP contribution in [-0.4, -0.2) is 26.8 Å². The van der Waals surface area contributed by atoms with E-state index >= 15 is 0 Å². The molecule has 1 aromatic carbocycles. The van der Waals surface area contributed by atoms with E-state index in [0.717, 1.165) is 25.2 Å². The minimum absolute atomic E-state index is 0.0167. The molecule has 2 aliphatic rings. The number of alkyl halides is 3. The smallest absolute Gasteiger partial charge is 0.490 e. The summed E-state index contributed by atoms with van der Waals surface area (Å²) in [7, 11) is 0. The molecule has 2 aromatic heterocycles. The molecule has 1 N–H and O–H groups in total. The van der Waals surface area contributed by atoms with E-state index in [4.69, 9.17) is 4.74 Å². The van der Waals surface area contributed by atoms with Crippen molar-refractivity contribution in [1.29, 1.82) is 0 Å². The van der Waals surface area contributed by atoms with Gasteiger partial charge in [-0.05, 0) is 54.9 Å². The van der Waals surface area contributed by atoms with E-state index < -0.39 is 6.30 Å². The highest BCUT2D eigenvalue weighted by Crippen LogP contribution is 2.61. The van der Waals surface area contributed by atoms with E-state index in [0.29, 0.717) is 28.5 Å². The van der Waals surface area contributed by atoms with Gasteiger partial charge in [-0.15, -0.1) is 13.2 Å². The van der Waals surface area contributed by atoms with Crippen molar-refractivity contribution in [1.82, 2.24) is 14.8 Å². The zero-order valence-electron chi connectivity index (χ0n) is 17.0. The summed E-state index contributed by atoms with van der Waals surface area (Å²) in [6.45, 7) is 1.79. The van der Waals surface area contributed by atoms with Gasteiger partial charge in [-0.2, -0.15) is 9.78 Å². The molecule has 1 amide bonds. The van der Waals surface area contributed by atoms with Gasteiger partial charge in [-0.3, -0.25) is 9.78 Å². The van der Waals surface area contributed by atoms with Crippen LogP contribution in [-0.2, 0) is 11.1 Å². The van der Waals surface area contributed by atoms with Gasteiger partial charge in [0, 0.05) is 17.5 Å². The van der Waals surface area contributed by atoms with Crippen molar-refractivity contribution in [2.24, 2.45) is 23.7 Å². The Morgan fingerprint density at radius 1 is 1.25 bits per heavy atom. The lowest BCUT2D eigenvalue weighted by Crippen LogP contribution is -2.25. The predicted molar refractivity (Wildman–Crippen MR) is 107 cm³/mol. The minimum atomic E-state index is -4.62. The second-order valence-electron chi connectivity index (χ2n) is 8.51. The van der Waals surface area contributed by atoms with Gasteiger partial charge in [0.15, 0.2) is 0 Å². The Hall–Kier alpha value is -3.17. The van der Waals surface area contributed by atoms with Crippen molar-refractivity contribution >= 4 is 22.5 Å². The summed E-state index contributed by atoms with van der Waals surface area (Å²) in [4.78, 5) is 16.8. The summed E-state index contributed by atoms with van der Waals surface area (Å²) in [6.07, 6.45) is 0.262. The number of hydrogen-bond acceptors (Lipinski definition) is 4. The molecule has 0 spiro atoms. The van der Waals surface area contributed by atoms with Crippen LogP contribution in [0.15, 0.2) is 42.9 Å². The van der Waals surface area contributed by atoms with Gasteiger partial charge in [-0.25, -0.2) is 4.39 Å². The first-order valence-corrected chi connectivity index (χ1v) is 10.3. The summed E-state index contributed by atoms with van der Waals surface area (Å²) in [5.41, 5.74) is 0.673. The number of halogens is 4. The molecule has 10 heteroatoms. The maximum atomic E-state index is 13.6. The first kappa shape index (κ1) is 20.7. The SMILES string of the molecule is CC(C(=O)Nc1cnn(C(F)(F)F)c1)[C@H]1[C@@H]2C[C@H](Oc3ccnc4ccc(F)cc34)C[C@@H]21. The summed E-state index contributed by atoms with van der Waals surface area (Å²) in [6, 6.07) is 6.09. The van der Waals surface area contributed by atoms with E-state index in [9.17, 15) is 22.4 Å². The fraction of sp³-hybridized carbons (Fsp3) is 0.409. The Kier molecular flexibility index (Phi) is 4.83. The molecular weight excluding hydrogens is 428 g/mol. The number of nitrogens with zero attached hydrogens (tertiary/aromatic N) is 3. The number of aromatic nitrogens is 3. The van der Waals surface area contributed by atoms with Crippen LogP contribution in [0.1, 0.15) is 19.8 Å². The number of pyridine rings is 1. The first-order valence-electron chi connectivity index (χ1n) is 10.3. The standard InChI is InChI=1S/C22H20F4N4O2/c1-11(21(31)29-13-9-28-30(10-13)22(24,25)26)20-15-7-14(8-16(15)20)32-19-4-5-27-18-3-2-12(23)6-17(18)19/h2-6,9-11,14-16,20H,7-8H2,1H3,(H,29,31)/t11?,14-,15+,16-,20-. The lowest BCUT2D eigenvalue weighted by atomic mass is 9.97. The van der Waals surface area contributed by atoms with Gasteiger partial charge in [0.25, 0.3) is 0 Å². The van der Waals surface area contributed by atoms with Crippen LogP contribution in [0.3, 0.4) is 0 Å². The Morgan fingerprint density at radius 3 is 2.69 bits per heavy atom. The maximum absolute atomic E-state index is 13.6. The molecule has 5 rings (SSSR count). The summed E-state index contributed by atoms with van der Waals surface area (Å²) in [5.74, 6) is 0.386. The molecule has 5 atom stereocenters. The van der Waals surface area contributed by atoms with Crippen molar-refractivity contribution in [3.05, 3.63) is 48.7 Å². The normalized spacial score (nSPS) is 25.4. The Labute approximate surface area is 180 Å². The van der Waals surface area contributed by atoms with Crippen molar-refractivity contribution in [3.8, 4) is 5.75 Å². The van der Waals surface area contributed by atoms with Crippen LogP contribution in [0.2, 0.25) is 0 Å². The van der Waals surface area contributed by atoms with Crippen LogP contribution in [0.5, 0.6) is 5.75 Å². The average molecular weight is 448 g/mol. The monoisotopic (exact) mass is 448 g/mol. The second kappa shape index (κ2) is 7.46. The van der Waals surface area contributed by atoms with Crippen molar-refractivity contribution in [2.75, 3.05) is 5.32 Å². The molecule has 0 bridgehead atoms. The molecule has 168 valence electrons. The van der Waals surface area contributed by atoms with Crippen LogP contribution >= 0.6 is 0 Å². The molecular formula is C22H20F4N4O2. The fourth-order valence-corrected chi connectivity index (χ4v) is 5.01. The average Bonchev–Trinajstić information content (AvgIpc) is 3.08. The minimum Gasteiger partial charge on any atom is -0.490 e. The molecule has 1 unspecified atom stereocenters. The van der Waals surface area contributed by atoms with E-state index in [2.05, 4.69) is 15.4 Å². The number of carbonyl (C=O) groups excluding carboxylic acids is 1. The number of ether oxygens (including phenoxy) is 1. The zero-order chi connectivity index (χ0) is 22.6. The van der Waals surface area contributed by atoms with E-state index in [1.807, 2.05) is 0 Å². The summed E-state index contributed by atoms with van der Waals surface area (Å²) >= 11 is 0. The number of nitrogens with one attached hydrogen (secondary N) is 1. The molecule has 0 aliphatic heterocycles. The van der Waals surface area contributed by atoms with Crippen molar-refractivity contribution in [2.45, 2.75) is 32.2 Å². The van der Waals surface area contributed by atoms with E-state index in [1.165, 1.54) is 12.1 Å². The number of hydrogen-bond donors (Lipinski definition) is 1. The van der Waals surface area contributed by atoms with Gasteiger partial charge >= 0.3 is 6.30 Å². The van der Waals surface area contributed by atoms with E-state index in [-0.39, 0.29) is 40.0 Å². The fourth-order valence-electron chi connectivity index (χ4n) is 5.01. The highest BCUT2D eigenvalue weighted by atomic mass is 19.4. The van der Waals surface area contributed by atoms with Gasteiger partial charge < -0.3 is 10.1 Å². The Balaban J connectivity index is 1.18.